The molecule has 0 amide bonds. The average molecular weight is 326 g/mol. The highest BCUT2D eigenvalue weighted by atomic mass is 79.9. The Morgan fingerprint density at radius 3 is 2.79 bits per heavy atom. The largest absolute Gasteiger partial charge is 0.356 e. The number of hydrogen-bond donors (Lipinski definition) is 0. The molecule has 4 heteroatoms. The highest BCUT2D eigenvalue weighted by Gasteiger charge is 2.18. The van der Waals surface area contributed by atoms with Crippen LogP contribution in [0.1, 0.15) is 58.2 Å². The van der Waals surface area contributed by atoms with Crippen molar-refractivity contribution in [2.24, 2.45) is 5.92 Å². The Labute approximate surface area is 125 Å². The van der Waals surface area contributed by atoms with Crippen molar-refractivity contribution in [3.8, 4) is 0 Å². The first-order chi connectivity index (χ1) is 9.10. The van der Waals surface area contributed by atoms with Gasteiger partial charge in [-0.05, 0) is 41.1 Å². The molecule has 0 N–H and O–H groups in total. The number of nitrogens with zero attached hydrogens (tertiary/aromatic N) is 3. The zero-order valence-electron chi connectivity index (χ0n) is 12.2. The molecule has 2 rings (SSSR count). The second-order valence-corrected chi connectivity index (χ2v) is 6.57. The van der Waals surface area contributed by atoms with Crippen LogP contribution in [0.15, 0.2) is 10.7 Å². The Morgan fingerprint density at radius 1 is 1.32 bits per heavy atom. The van der Waals surface area contributed by atoms with Crippen molar-refractivity contribution >= 4 is 21.7 Å². The van der Waals surface area contributed by atoms with Gasteiger partial charge in [-0.25, -0.2) is 9.97 Å². The van der Waals surface area contributed by atoms with Gasteiger partial charge in [-0.3, -0.25) is 0 Å². The highest BCUT2D eigenvalue weighted by molar-refractivity contribution is 9.10. The molecule has 1 fully saturated rings. The summed E-state index contributed by atoms with van der Waals surface area (Å²) in [6.45, 7) is 8.83. The zero-order valence-corrected chi connectivity index (χ0v) is 13.8. The summed E-state index contributed by atoms with van der Waals surface area (Å²) < 4.78 is 0.900. The normalized spacial score (nSPS) is 20.7. The molecule has 2 heterocycles. The number of hydrogen-bond acceptors (Lipinski definition) is 3. The minimum absolute atomic E-state index is 0.367. The first kappa shape index (κ1) is 14.8. The topological polar surface area (TPSA) is 29.0 Å². The van der Waals surface area contributed by atoms with E-state index in [-0.39, 0.29) is 0 Å². The molecule has 3 nitrogen and oxygen atoms in total. The highest BCUT2D eigenvalue weighted by Crippen LogP contribution is 2.25. The van der Waals surface area contributed by atoms with Crippen molar-refractivity contribution < 1.29 is 0 Å². The fourth-order valence-electron chi connectivity index (χ4n) is 2.65. The summed E-state index contributed by atoms with van der Waals surface area (Å²) in [6.07, 6.45) is 5.22. The van der Waals surface area contributed by atoms with Gasteiger partial charge < -0.3 is 4.90 Å². The molecule has 1 saturated heterocycles. The lowest BCUT2D eigenvalue weighted by Crippen LogP contribution is -2.26. The first-order valence-corrected chi connectivity index (χ1v) is 8.19. The van der Waals surface area contributed by atoms with Crippen LogP contribution in [0, 0.1) is 5.92 Å². The van der Waals surface area contributed by atoms with Crippen LogP contribution in [0.25, 0.3) is 0 Å². The number of halogens is 1. The maximum Gasteiger partial charge on any atom is 0.134 e. The predicted molar refractivity (Wildman–Crippen MR) is 83.7 cm³/mol. The molecule has 0 saturated carbocycles. The van der Waals surface area contributed by atoms with E-state index in [0.29, 0.717) is 5.92 Å². The van der Waals surface area contributed by atoms with E-state index in [0.717, 1.165) is 35.3 Å². The van der Waals surface area contributed by atoms with Gasteiger partial charge in [0.05, 0.1) is 0 Å². The van der Waals surface area contributed by atoms with E-state index < -0.39 is 0 Å². The van der Waals surface area contributed by atoms with Gasteiger partial charge in [-0.2, -0.15) is 0 Å². The summed E-state index contributed by atoms with van der Waals surface area (Å²) >= 11 is 3.52. The number of rotatable bonds is 3. The summed E-state index contributed by atoms with van der Waals surface area (Å²) in [5, 5.41) is 0. The molecular weight excluding hydrogens is 302 g/mol. The zero-order chi connectivity index (χ0) is 13.8. The van der Waals surface area contributed by atoms with Crippen LogP contribution in [-0.2, 0) is 0 Å². The minimum atomic E-state index is 0.367. The molecule has 1 aliphatic rings. The summed E-state index contributed by atoms with van der Waals surface area (Å²) in [5.74, 6) is 3.27. The van der Waals surface area contributed by atoms with Gasteiger partial charge in [-0.1, -0.05) is 27.2 Å². The molecule has 19 heavy (non-hydrogen) atoms. The quantitative estimate of drug-likeness (QED) is 0.772. The lowest BCUT2D eigenvalue weighted by Gasteiger charge is -2.22. The van der Waals surface area contributed by atoms with Crippen molar-refractivity contribution in [3.63, 3.8) is 0 Å². The summed E-state index contributed by atoms with van der Waals surface area (Å²) in [7, 11) is 0. The van der Waals surface area contributed by atoms with Crippen molar-refractivity contribution in [2.45, 2.75) is 52.4 Å². The van der Waals surface area contributed by atoms with Crippen LogP contribution in [0.5, 0.6) is 0 Å². The van der Waals surface area contributed by atoms with Gasteiger partial charge >= 0.3 is 0 Å². The SMILES string of the molecule is CCC1CCCN(c2cc(Br)nc(C(C)C)n2)CC1. The molecule has 0 radical (unpaired) electrons. The van der Waals surface area contributed by atoms with Gasteiger partial charge in [0, 0.05) is 25.1 Å². The Morgan fingerprint density at radius 2 is 2.11 bits per heavy atom. The van der Waals surface area contributed by atoms with E-state index in [1.54, 1.807) is 0 Å². The Balaban J connectivity index is 2.16. The van der Waals surface area contributed by atoms with Crippen LogP contribution < -0.4 is 4.90 Å². The fourth-order valence-corrected chi connectivity index (χ4v) is 3.03. The van der Waals surface area contributed by atoms with Gasteiger partial charge in [0.1, 0.15) is 16.2 Å². The molecule has 1 atom stereocenters. The van der Waals surface area contributed by atoms with Crippen LogP contribution >= 0.6 is 15.9 Å². The average Bonchev–Trinajstić information content (AvgIpc) is 2.63. The van der Waals surface area contributed by atoms with E-state index in [2.05, 4.69) is 52.7 Å². The molecule has 0 spiro atoms. The van der Waals surface area contributed by atoms with Gasteiger partial charge in [0.2, 0.25) is 0 Å². The third-order valence-corrected chi connectivity index (χ3v) is 4.37. The summed E-state index contributed by atoms with van der Waals surface area (Å²) in [4.78, 5) is 11.6. The van der Waals surface area contributed by atoms with Crippen molar-refractivity contribution in [1.29, 1.82) is 0 Å². The third-order valence-electron chi connectivity index (χ3n) is 3.96. The second kappa shape index (κ2) is 6.69. The molecule has 106 valence electrons. The molecule has 1 aromatic rings. The Hall–Kier alpha value is -0.640. The monoisotopic (exact) mass is 325 g/mol. The molecule has 0 aliphatic carbocycles. The van der Waals surface area contributed by atoms with Crippen LogP contribution in [-0.4, -0.2) is 23.1 Å². The predicted octanol–water partition coefficient (Wildman–Crippen LogP) is 4.38. The van der Waals surface area contributed by atoms with Crippen LogP contribution in [0.4, 0.5) is 5.82 Å². The van der Waals surface area contributed by atoms with E-state index in [9.17, 15) is 0 Å². The maximum atomic E-state index is 4.73. The van der Waals surface area contributed by atoms with E-state index in [1.807, 2.05) is 0 Å². The van der Waals surface area contributed by atoms with E-state index in [1.165, 1.54) is 25.7 Å². The minimum Gasteiger partial charge on any atom is -0.356 e. The van der Waals surface area contributed by atoms with Crippen LogP contribution in [0.3, 0.4) is 0 Å². The smallest absolute Gasteiger partial charge is 0.134 e. The van der Waals surface area contributed by atoms with Crippen molar-refractivity contribution in [2.75, 3.05) is 18.0 Å². The second-order valence-electron chi connectivity index (χ2n) is 5.75. The Kier molecular flexibility index (Phi) is 5.20. The molecule has 1 aliphatic heterocycles. The molecule has 0 aromatic carbocycles. The number of anilines is 1. The lowest BCUT2D eigenvalue weighted by molar-refractivity contribution is 0.459. The summed E-state index contributed by atoms with van der Waals surface area (Å²) in [5.41, 5.74) is 0. The third kappa shape index (κ3) is 3.91. The van der Waals surface area contributed by atoms with Crippen molar-refractivity contribution in [3.05, 3.63) is 16.5 Å². The fraction of sp³-hybridized carbons (Fsp3) is 0.733. The molecular formula is C15H24BrN3. The standard InChI is InChI=1S/C15H24BrN3/c1-4-12-6-5-8-19(9-7-12)14-10-13(16)17-15(18-14)11(2)3/h10-12H,4-9H2,1-3H3. The van der Waals surface area contributed by atoms with E-state index >= 15 is 0 Å². The van der Waals surface area contributed by atoms with Gasteiger partial charge in [0.15, 0.2) is 0 Å². The maximum absolute atomic E-state index is 4.73. The molecule has 0 bridgehead atoms. The van der Waals surface area contributed by atoms with E-state index in [4.69, 9.17) is 4.98 Å². The van der Waals surface area contributed by atoms with Crippen molar-refractivity contribution in [1.82, 2.24) is 9.97 Å². The van der Waals surface area contributed by atoms with Gasteiger partial charge in [0.25, 0.3) is 0 Å². The Bertz CT molecular complexity index is 420. The summed E-state index contributed by atoms with van der Waals surface area (Å²) in [6, 6.07) is 2.05. The molecule has 1 unspecified atom stereocenters. The molecule has 1 aromatic heterocycles. The van der Waals surface area contributed by atoms with Gasteiger partial charge in [-0.15, -0.1) is 0 Å². The van der Waals surface area contributed by atoms with Crippen LogP contribution in [0.2, 0.25) is 0 Å². The first-order valence-electron chi connectivity index (χ1n) is 7.39. The number of aromatic nitrogens is 2. The lowest BCUT2D eigenvalue weighted by atomic mass is 9.98.